The van der Waals surface area contributed by atoms with Gasteiger partial charge < -0.3 is 0 Å². The van der Waals surface area contributed by atoms with Crippen molar-refractivity contribution in [3.63, 3.8) is 0 Å². The van der Waals surface area contributed by atoms with Crippen molar-refractivity contribution in [1.29, 1.82) is 0 Å². The van der Waals surface area contributed by atoms with Crippen LogP contribution < -0.4 is 0 Å². The summed E-state index contributed by atoms with van der Waals surface area (Å²) in [6.07, 6.45) is 0. The molecular weight excluding hydrogens is 391 g/mol. The molecule has 0 atom stereocenters. The fourth-order valence-electron chi connectivity index (χ4n) is 1.18. The van der Waals surface area contributed by atoms with Crippen LogP contribution in [0.5, 0.6) is 0 Å². The lowest BCUT2D eigenvalue weighted by Crippen LogP contribution is -2.00. The molecule has 0 fully saturated rings. The van der Waals surface area contributed by atoms with E-state index in [9.17, 15) is 24.2 Å². The molecule has 106 valence electrons. The van der Waals surface area contributed by atoms with Crippen molar-refractivity contribution in [1.82, 2.24) is 0 Å². The summed E-state index contributed by atoms with van der Waals surface area (Å²) in [6.45, 7) is 0. The van der Waals surface area contributed by atoms with Gasteiger partial charge in [0.2, 0.25) is 0 Å². The lowest BCUT2D eigenvalue weighted by atomic mass is 10.2. The number of hydrogen-bond acceptors (Lipinski definition) is 6. The highest BCUT2D eigenvalue weighted by Gasteiger charge is 2.30. The quantitative estimate of drug-likeness (QED) is 0.383. The van der Waals surface area contributed by atoms with E-state index in [4.69, 9.17) is 11.6 Å². The molecule has 0 aliphatic carbocycles. The third-order valence-electron chi connectivity index (χ3n) is 1.86. The number of carbonyl (C=O) groups excluding carboxylic acids is 1. The van der Waals surface area contributed by atoms with E-state index in [1.54, 1.807) is 0 Å². The van der Waals surface area contributed by atoms with Crippen molar-refractivity contribution >= 4 is 77.6 Å². The summed E-state index contributed by atoms with van der Waals surface area (Å²) in [5.41, 5.74) is -0.736. The van der Waals surface area contributed by atoms with E-state index < -0.39 is 96.0 Å². The Hall–Kier alpha value is 0.580. The van der Waals surface area contributed by atoms with Crippen molar-refractivity contribution < 1.29 is 24.2 Å². The molecule has 1 aromatic carbocycles. The van der Waals surface area contributed by atoms with Crippen LogP contribution in [0.3, 0.4) is 0 Å². The van der Waals surface area contributed by atoms with E-state index in [1.807, 2.05) is 0 Å². The highest BCUT2D eigenvalue weighted by molar-refractivity contribution is 8.00. The van der Waals surface area contributed by atoms with Gasteiger partial charge in [0.15, 0.2) is 0 Å². The summed E-state index contributed by atoms with van der Waals surface area (Å²) in [5, 5.41) is -1.30. The topological polar surface area (TPSA) is 17.1 Å². The highest BCUT2D eigenvalue weighted by atomic mass is 35.5. The minimum atomic E-state index is -1.30. The standard InChI is InChI=1S/C7ClF5OS5/c8-7(14)1-2(15-9)4(17-11)6(19-13)5(18-12)3(1)16-10. The first-order valence-electron chi connectivity index (χ1n) is 3.94. The first-order valence-corrected chi connectivity index (χ1v) is 7.90. The maximum Gasteiger partial charge on any atom is 0.254 e. The molecule has 0 radical (unpaired) electrons. The molecule has 0 aliphatic heterocycles. The predicted molar refractivity (Wildman–Crippen MR) is 71.5 cm³/mol. The van der Waals surface area contributed by atoms with Crippen molar-refractivity contribution in [3.8, 4) is 0 Å². The van der Waals surface area contributed by atoms with Crippen LogP contribution in [0.25, 0.3) is 0 Å². The average molecular weight is 391 g/mol. The summed E-state index contributed by atoms with van der Waals surface area (Å²) in [5.74, 6) is 0. The Morgan fingerprint density at radius 2 is 0.947 bits per heavy atom. The molecule has 0 saturated heterocycles. The van der Waals surface area contributed by atoms with E-state index in [0.717, 1.165) is 0 Å². The summed E-state index contributed by atoms with van der Waals surface area (Å²) >= 11 is 2.18. The third kappa shape index (κ3) is 3.43. The zero-order chi connectivity index (χ0) is 14.6. The normalized spacial score (nSPS) is 10.8. The number of hydrogen-bond donors (Lipinski definition) is 0. The summed E-state index contributed by atoms with van der Waals surface area (Å²) in [7, 11) is 0. The maximum absolute atomic E-state index is 12.8. The van der Waals surface area contributed by atoms with Gasteiger partial charge in [-0.15, -0.1) is 0 Å². The van der Waals surface area contributed by atoms with Crippen LogP contribution in [0.2, 0.25) is 0 Å². The number of benzene rings is 1. The predicted octanol–water partition coefficient (Wildman–Crippen LogP) is 6.95. The maximum atomic E-state index is 12.8. The molecule has 1 aromatic rings. The van der Waals surface area contributed by atoms with Crippen molar-refractivity contribution in [3.05, 3.63) is 5.56 Å². The van der Waals surface area contributed by atoms with E-state index >= 15 is 0 Å². The molecule has 0 heterocycles. The van der Waals surface area contributed by atoms with Gasteiger partial charge in [0.1, 0.15) is 0 Å². The van der Waals surface area contributed by atoms with E-state index in [1.165, 1.54) is 0 Å². The fourth-order valence-corrected chi connectivity index (χ4v) is 4.41. The van der Waals surface area contributed by atoms with E-state index in [0.29, 0.717) is 0 Å². The number of rotatable bonds is 6. The molecule has 19 heavy (non-hydrogen) atoms. The van der Waals surface area contributed by atoms with Crippen LogP contribution in [0.15, 0.2) is 24.5 Å². The minimum absolute atomic E-state index is 0.585. The molecule has 0 bridgehead atoms. The van der Waals surface area contributed by atoms with Crippen molar-refractivity contribution in [2.75, 3.05) is 0 Å². The van der Waals surface area contributed by atoms with Crippen molar-refractivity contribution in [2.45, 2.75) is 24.5 Å². The second kappa shape index (κ2) is 8.13. The zero-order valence-electron chi connectivity index (χ0n) is 8.22. The Morgan fingerprint density at radius 3 is 1.16 bits per heavy atom. The molecule has 0 unspecified atom stereocenters. The molecular formula is C7ClF5OS5. The number of halogens is 6. The zero-order valence-corrected chi connectivity index (χ0v) is 13.1. The molecule has 0 amide bonds. The average Bonchev–Trinajstić information content (AvgIpc) is 2.43. The molecule has 12 heteroatoms. The Labute approximate surface area is 131 Å². The van der Waals surface area contributed by atoms with Gasteiger partial charge >= 0.3 is 0 Å². The Bertz CT molecular complexity index is 468. The molecule has 0 spiro atoms. The Balaban J connectivity index is 3.85. The largest absolute Gasteiger partial charge is 0.276 e. The first-order chi connectivity index (χ1) is 9.06. The van der Waals surface area contributed by atoms with E-state index in [2.05, 4.69) is 0 Å². The molecule has 1 nitrogen and oxygen atoms in total. The monoisotopic (exact) mass is 390 g/mol. The highest BCUT2D eigenvalue weighted by Crippen LogP contribution is 2.52. The van der Waals surface area contributed by atoms with Gasteiger partial charge in [0, 0.05) is 0 Å². The van der Waals surface area contributed by atoms with Crippen LogP contribution in [0.1, 0.15) is 10.4 Å². The summed E-state index contributed by atoms with van der Waals surface area (Å²) in [4.78, 5) is 7.82. The third-order valence-corrected chi connectivity index (χ3v) is 5.38. The Kier molecular flexibility index (Phi) is 7.54. The van der Waals surface area contributed by atoms with E-state index in [-0.39, 0.29) is 0 Å². The first kappa shape index (κ1) is 17.6. The van der Waals surface area contributed by atoms with Crippen LogP contribution in [-0.2, 0) is 0 Å². The Morgan fingerprint density at radius 1 is 0.684 bits per heavy atom. The summed E-state index contributed by atoms with van der Waals surface area (Å²) in [6, 6.07) is 0. The molecule has 0 aliphatic rings. The lowest BCUT2D eigenvalue weighted by Gasteiger charge is -2.14. The molecule has 0 N–H and O–H groups in total. The van der Waals surface area contributed by atoms with Crippen LogP contribution in [-0.4, -0.2) is 5.24 Å². The van der Waals surface area contributed by atoms with Crippen LogP contribution in [0, 0.1) is 0 Å². The molecule has 0 saturated carbocycles. The number of carbonyl (C=O) groups is 1. The van der Waals surface area contributed by atoms with Crippen molar-refractivity contribution in [2.24, 2.45) is 0 Å². The van der Waals surface area contributed by atoms with Gasteiger partial charge in [-0.25, -0.2) is 0 Å². The smallest absolute Gasteiger partial charge is 0.254 e. The van der Waals surface area contributed by atoms with Crippen LogP contribution >= 0.6 is 72.3 Å². The van der Waals surface area contributed by atoms with Gasteiger partial charge in [-0.2, -0.15) is 19.4 Å². The second-order valence-corrected chi connectivity index (χ2v) is 5.84. The van der Waals surface area contributed by atoms with Gasteiger partial charge in [0.25, 0.3) is 5.24 Å². The van der Waals surface area contributed by atoms with Crippen LogP contribution in [0.4, 0.5) is 19.4 Å². The molecule has 0 aromatic heterocycles. The molecule has 1 rings (SSSR count). The van der Waals surface area contributed by atoms with Gasteiger partial charge in [-0.3, -0.25) is 4.79 Å². The summed E-state index contributed by atoms with van der Waals surface area (Å²) < 4.78 is 64.0. The van der Waals surface area contributed by atoms with Gasteiger partial charge in [0.05, 0.1) is 90.8 Å². The second-order valence-electron chi connectivity index (χ2n) is 2.68. The fraction of sp³-hybridized carbons (Fsp3) is 0. The van der Waals surface area contributed by atoms with Gasteiger partial charge in [-0.05, 0) is 11.6 Å². The SMILES string of the molecule is O=C(Cl)c1c(SF)c(SF)c(SF)c(SF)c1SF. The van der Waals surface area contributed by atoms with Gasteiger partial charge in [-0.1, -0.05) is 0 Å². The lowest BCUT2D eigenvalue weighted by molar-refractivity contribution is 0.107. The minimum Gasteiger partial charge on any atom is -0.276 e.